The Morgan fingerprint density at radius 1 is 1.06 bits per heavy atom. The van der Waals surface area contributed by atoms with Gasteiger partial charge in [0.25, 0.3) is 0 Å². The SMILES string of the molecule is COc1ccccc1CN(C(=O)Cc1cccs1)[C@@H](C(=O)NC1CCCC1)c1ccccc1C. The van der Waals surface area contributed by atoms with Crippen molar-refractivity contribution in [2.45, 2.75) is 57.7 Å². The van der Waals surface area contributed by atoms with Gasteiger partial charge in [-0.1, -0.05) is 61.4 Å². The van der Waals surface area contributed by atoms with E-state index in [4.69, 9.17) is 4.74 Å². The molecule has 0 radical (unpaired) electrons. The van der Waals surface area contributed by atoms with Crippen LogP contribution in [-0.2, 0) is 22.6 Å². The summed E-state index contributed by atoms with van der Waals surface area (Å²) in [5, 5.41) is 5.22. The smallest absolute Gasteiger partial charge is 0.247 e. The van der Waals surface area contributed by atoms with Gasteiger partial charge in [0, 0.05) is 16.5 Å². The molecule has 1 fully saturated rings. The van der Waals surface area contributed by atoms with Crippen molar-refractivity contribution in [2.75, 3.05) is 7.11 Å². The maximum atomic E-state index is 13.8. The number of carbonyl (C=O) groups excluding carboxylic acids is 2. The fraction of sp³-hybridized carbons (Fsp3) is 0.357. The zero-order valence-electron chi connectivity index (χ0n) is 19.8. The maximum absolute atomic E-state index is 13.8. The van der Waals surface area contributed by atoms with Crippen LogP contribution < -0.4 is 10.1 Å². The first-order valence-corrected chi connectivity index (χ1v) is 12.7. The Kier molecular flexibility index (Phi) is 8.01. The third kappa shape index (κ3) is 5.68. The molecular weight excluding hydrogens is 444 g/mol. The summed E-state index contributed by atoms with van der Waals surface area (Å²) in [6.45, 7) is 2.28. The van der Waals surface area contributed by atoms with Crippen LogP contribution in [0.3, 0.4) is 0 Å². The molecule has 2 aromatic carbocycles. The molecule has 1 aliphatic carbocycles. The first-order valence-electron chi connectivity index (χ1n) is 11.9. The zero-order valence-corrected chi connectivity index (χ0v) is 20.6. The number of methoxy groups -OCH3 is 1. The zero-order chi connectivity index (χ0) is 23.9. The lowest BCUT2D eigenvalue weighted by Crippen LogP contribution is -2.46. The summed E-state index contributed by atoms with van der Waals surface area (Å²) in [4.78, 5) is 30.3. The van der Waals surface area contributed by atoms with Crippen molar-refractivity contribution in [3.8, 4) is 5.75 Å². The number of benzene rings is 2. The number of ether oxygens (including phenoxy) is 1. The second-order valence-corrected chi connectivity index (χ2v) is 9.87. The number of nitrogens with zero attached hydrogens (tertiary/aromatic N) is 1. The Bertz CT molecular complexity index is 1110. The van der Waals surface area contributed by atoms with E-state index < -0.39 is 6.04 Å². The number of para-hydroxylation sites is 1. The molecule has 4 rings (SSSR count). The predicted octanol–water partition coefficient (Wildman–Crippen LogP) is 5.44. The number of rotatable bonds is 9. The van der Waals surface area contributed by atoms with Crippen LogP contribution in [0.15, 0.2) is 66.0 Å². The third-order valence-corrected chi connectivity index (χ3v) is 7.38. The minimum atomic E-state index is -0.723. The van der Waals surface area contributed by atoms with E-state index in [0.717, 1.165) is 47.3 Å². The summed E-state index contributed by atoms with van der Waals surface area (Å²) in [7, 11) is 1.63. The van der Waals surface area contributed by atoms with Crippen LogP contribution in [0, 0.1) is 6.92 Å². The van der Waals surface area contributed by atoms with E-state index >= 15 is 0 Å². The number of aryl methyl sites for hydroxylation is 1. The number of thiophene rings is 1. The fourth-order valence-corrected chi connectivity index (χ4v) is 5.39. The van der Waals surface area contributed by atoms with Crippen LogP contribution in [0.2, 0.25) is 0 Å². The molecule has 5 nitrogen and oxygen atoms in total. The van der Waals surface area contributed by atoms with Crippen molar-refractivity contribution in [1.82, 2.24) is 10.2 Å². The Balaban J connectivity index is 1.74. The molecule has 3 aromatic rings. The summed E-state index contributed by atoms with van der Waals surface area (Å²) >= 11 is 1.56. The highest BCUT2D eigenvalue weighted by Crippen LogP contribution is 2.31. The van der Waals surface area contributed by atoms with Gasteiger partial charge in [-0.2, -0.15) is 0 Å². The molecule has 1 N–H and O–H groups in total. The average molecular weight is 477 g/mol. The molecule has 1 atom stereocenters. The van der Waals surface area contributed by atoms with Crippen molar-refractivity contribution in [1.29, 1.82) is 0 Å². The van der Waals surface area contributed by atoms with E-state index in [2.05, 4.69) is 5.32 Å². The topological polar surface area (TPSA) is 58.6 Å². The number of nitrogens with one attached hydrogen (secondary N) is 1. The number of amides is 2. The normalized spacial score (nSPS) is 14.5. The van der Waals surface area contributed by atoms with Crippen molar-refractivity contribution in [2.24, 2.45) is 0 Å². The second-order valence-electron chi connectivity index (χ2n) is 8.84. The van der Waals surface area contributed by atoms with Crippen LogP contribution in [0.25, 0.3) is 0 Å². The van der Waals surface area contributed by atoms with Gasteiger partial charge in [-0.25, -0.2) is 0 Å². The molecule has 0 bridgehead atoms. The van der Waals surface area contributed by atoms with E-state index in [1.165, 1.54) is 0 Å². The minimum Gasteiger partial charge on any atom is -0.496 e. The molecule has 0 unspecified atom stereocenters. The molecule has 0 saturated heterocycles. The first-order chi connectivity index (χ1) is 16.6. The first kappa shape index (κ1) is 24.0. The molecule has 0 aliphatic heterocycles. The summed E-state index contributed by atoms with van der Waals surface area (Å²) in [5.41, 5.74) is 2.72. The molecule has 34 heavy (non-hydrogen) atoms. The summed E-state index contributed by atoms with van der Waals surface area (Å²) < 4.78 is 5.57. The van der Waals surface area contributed by atoms with E-state index in [0.29, 0.717) is 5.75 Å². The molecule has 0 spiro atoms. The van der Waals surface area contributed by atoms with Crippen molar-refractivity contribution < 1.29 is 14.3 Å². The van der Waals surface area contributed by atoms with Gasteiger partial charge in [-0.15, -0.1) is 11.3 Å². The van der Waals surface area contributed by atoms with Crippen LogP contribution in [-0.4, -0.2) is 29.9 Å². The second kappa shape index (κ2) is 11.3. The van der Waals surface area contributed by atoms with Gasteiger partial charge in [0.1, 0.15) is 11.8 Å². The number of carbonyl (C=O) groups is 2. The highest BCUT2D eigenvalue weighted by molar-refractivity contribution is 7.10. The lowest BCUT2D eigenvalue weighted by Gasteiger charge is -2.33. The van der Waals surface area contributed by atoms with Gasteiger partial charge < -0.3 is 15.0 Å². The summed E-state index contributed by atoms with van der Waals surface area (Å²) in [6, 6.07) is 18.9. The Morgan fingerprint density at radius 2 is 1.79 bits per heavy atom. The van der Waals surface area contributed by atoms with Gasteiger partial charge in [0.2, 0.25) is 11.8 Å². The highest BCUT2D eigenvalue weighted by Gasteiger charge is 2.34. The molecule has 1 saturated carbocycles. The van der Waals surface area contributed by atoms with E-state index in [-0.39, 0.29) is 30.8 Å². The molecule has 1 aliphatic rings. The van der Waals surface area contributed by atoms with Crippen LogP contribution in [0.1, 0.15) is 53.3 Å². The monoisotopic (exact) mass is 476 g/mol. The fourth-order valence-electron chi connectivity index (χ4n) is 4.70. The van der Waals surface area contributed by atoms with Crippen LogP contribution in [0.4, 0.5) is 0 Å². The van der Waals surface area contributed by atoms with Gasteiger partial charge in [0.15, 0.2) is 0 Å². The number of hydrogen-bond donors (Lipinski definition) is 1. The quantitative estimate of drug-likeness (QED) is 0.448. The molecule has 178 valence electrons. The standard InChI is InChI=1S/C28H32N2O3S/c1-20-10-3-7-15-24(20)27(28(32)29-22-12-5-6-13-22)30(26(31)18-23-14-9-17-34-23)19-21-11-4-8-16-25(21)33-2/h3-4,7-11,14-17,22,27H,5-6,12-13,18-19H2,1-2H3,(H,29,32)/t27-/m1/s1. The minimum absolute atomic E-state index is 0.0804. The van der Waals surface area contributed by atoms with E-state index in [1.807, 2.05) is 73.0 Å². The maximum Gasteiger partial charge on any atom is 0.247 e. The van der Waals surface area contributed by atoms with Gasteiger partial charge in [0.05, 0.1) is 20.1 Å². The van der Waals surface area contributed by atoms with Crippen molar-refractivity contribution in [3.05, 3.63) is 87.6 Å². The van der Waals surface area contributed by atoms with Gasteiger partial charge >= 0.3 is 0 Å². The summed E-state index contributed by atoms with van der Waals surface area (Å²) in [5.74, 6) is 0.509. The molecule has 2 amide bonds. The summed E-state index contributed by atoms with van der Waals surface area (Å²) in [6.07, 6.45) is 4.49. The highest BCUT2D eigenvalue weighted by atomic mass is 32.1. The van der Waals surface area contributed by atoms with Crippen LogP contribution in [0.5, 0.6) is 5.75 Å². The predicted molar refractivity (Wildman–Crippen MR) is 136 cm³/mol. The lowest BCUT2D eigenvalue weighted by molar-refractivity contribution is -0.141. The Morgan fingerprint density at radius 3 is 2.50 bits per heavy atom. The average Bonchev–Trinajstić information content (AvgIpc) is 3.54. The largest absolute Gasteiger partial charge is 0.496 e. The van der Waals surface area contributed by atoms with Gasteiger partial charge in [-0.3, -0.25) is 9.59 Å². The van der Waals surface area contributed by atoms with Gasteiger partial charge in [-0.05, 0) is 48.4 Å². The molecule has 6 heteroatoms. The molecule has 1 aromatic heterocycles. The number of hydrogen-bond acceptors (Lipinski definition) is 4. The third-order valence-electron chi connectivity index (χ3n) is 6.50. The van der Waals surface area contributed by atoms with Crippen LogP contribution >= 0.6 is 11.3 Å². The Hall–Kier alpha value is -3.12. The van der Waals surface area contributed by atoms with E-state index in [9.17, 15) is 9.59 Å². The molecular formula is C28H32N2O3S. The van der Waals surface area contributed by atoms with Crippen molar-refractivity contribution >= 4 is 23.2 Å². The lowest BCUT2D eigenvalue weighted by atomic mass is 9.97. The Labute approximate surface area is 205 Å². The van der Waals surface area contributed by atoms with Crippen molar-refractivity contribution in [3.63, 3.8) is 0 Å². The van der Waals surface area contributed by atoms with E-state index in [1.54, 1.807) is 23.3 Å². The molecule has 1 heterocycles.